The smallest absolute Gasteiger partial charge is 0.233 e. The highest BCUT2D eigenvalue weighted by Gasteiger charge is 2.16. The molecule has 3 rings (SSSR count). The van der Waals surface area contributed by atoms with Gasteiger partial charge in [-0.1, -0.05) is 42.1 Å². The molecule has 1 heterocycles. The van der Waals surface area contributed by atoms with Crippen LogP contribution in [0.1, 0.15) is 12.5 Å². The minimum Gasteiger partial charge on any atom is -0.494 e. The van der Waals surface area contributed by atoms with Crippen LogP contribution in [0.5, 0.6) is 5.75 Å². The molecule has 0 bridgehead atoms. The summed E-state index contributed by atoms with van der Waals surface area (Å²) < 4.78 is 6.85. The van der Waals surface area contributed by atoms with Crippen molar-refractivity contribution in [1.29, 1.82) is 0 Å². The van der Waals surface area contributed by atoms with Gasteiger partial charge in [0, 0.05) is 19.2 Å². The lowest BCUT2D eigenvalue weighted by Crippen LogP contribution is -2.28. The lowest BCUT2D eigenvalue weighted by atomic mass is 10.2. The van der Waals surface area contributed by atoms with Crippen molar-refractivity contribution in [3.63, 3.8) is 0 Å². The van der Waals surface area contributed by atoms with Gasteiger partial charge in [0.05, 0.1) is 12.4 Å². The van der Waals surface area contributed by atoms with Gasteiger partial charge in [-0.25, -0.2) is 4.68 Å². The second-order valence-electron chi connectivity index (χ2n) is 6.16. The predicted octanol–water partition coefficient (Wildman–Crippen LogP) is 2.81. The molecule has 0 fully saturated rings. The van der Waals surface area contributed by atoms with Crippen LogP contribution < -0.4 is 10.6 Å². The zero-order valence-corrected chi connectivity index (χ0v) is 16.7. The Labute approximate surface area is 168 Å². The first kappa shape index (κ1) is 19.8. The van der Waals surface area contributed by atoms with Crippen LogP contribution in [0.2, 0.25) is 0 Å². The number of carbonyl (C=O) groups excluding carboxylic acids is 1. The summed E-state index contributed by atoms with van der Waals surface area (Å²) in [5.41, 5.74) is 1.92. The highest BCUT2D eigenvalue weighted by Crippen LogP contribution is 2.24. The number of carbonyl (C=O) groups is 1. The van der Waals surface area contributed by atoms with Crippen molar-refractivity contribution in [2.24, 2.45) is 0 Å². The lowest BCUT2D eigenvalue weighted by molar-refractivity contribution is -0.127. The van der Waals surface area contributed by atoms with E-state index in [0.29, 0.717) is 24.1 Å². The van der Waals surface area contributed by atoms with Gasteiger partial charge in [0.15, 0.2) is 5.82 Å². The number of hydrogen-bond donors (Lipinski definition) is 1. The molecular formula is C20H23N5O2S. The van der Waals surface area contributed by atoms with E-state index in [4.69, 9.17) is 10.6 Å². The Morgan fingerprint density at radius 3 is 2.54 bits per heavy atom. The van der Waals surface area contributed by atoms with Crippen LogP contribution in [-0.2, 0) is 11.3 Å². The van der Waals surface area contributed by atoms with Gasteiger partial charge < -0.3 is 15.5 Å². The van der Waals surface area contributed by atoms with Crippen LogP contribution in [-0.4, -0.2) is 45.1 Å². The van der Waals surface area contributed by atoms with E-state index in [1.165, 1.54) is 16.4 Å². The molecule has 0 aliphatic carbocycles. The Morgan fingerprint density at radius 2 is 1.86 bits per heavy atom. The van der Waals surface area contributed by atoms with E-state index < -0.39 is 0 Å². The summed E-state index contributed by atoms with van der Waals surface area (Å²) in [4.78, 5) is 14.1. The molecule has 8 heteroatoms. The molecule has 2 N–H and O–H groups in total. The summed E-state index contributed by atoms with van der Waals surface area (Å²) in [5.74, 6) is 7.70. The minimum absolute atomic E-state index is 0.000490. The van der Waals surface area contributed by atoms with Crippen LogP contribution >= 0.6 is 11.8 Å². The van der Waals surface area contributed by atoms with Gasteiger partial charge in [-0.3, -0.25) is 4.79 Å². The third-order valence-electron chi connectivity index (χ3n) is 4.10. The maximum atomic E-state index is 12.4. The van der Waals surface area contributed by atoms with E-state index in [1.807, 2.05) is 61.5 Å². The summed E-state index contributed by atoms with van der Waals surface area (Å²) in [6.45, 7) is 3.11. The fourth-order valence-corrected chi connectivity index (χ4v) is 3.42. The third-order valence-corrected chi connectivity index (χ3v) is 5.03. The molecule has 0 saturated heterocycles. The molecule has 0 radical (unpaired) electrons. The molecule has 0 saturated carbocycles. The van der Waals surface area contributed by atoms with Gasteiger partial charge >= 0.3 is 0 Å². The number of amides is 1. The van der Waals surface area contributed by atoms with Gasteiger partial charge in [-0.15, -0.1) is 10.2 Å². The van der Waals surface area contributed by atoms with E-state index in [1.54, 1.807) is 11.9 Å². The highest BCUT2D eigenvalue weighted by molar-refractivity contribution is 7.99. The zero-order valence-electron chi connectivity index (χ0n) is 15.9. The zero-order chi connectivity index (χ0) is 19.9. The summed E-state index contributed by atoms with van der Waals surface area (Å²) in [6, 6.07) is 17.4. The number of ether oxygens (including phenoxy) is 1. The Hall–Kier alpha value is -3.00. The summed E-state index contributed by atoms with van der Waals surface area (Å²) in [6.07, 6.45) is 0. The Balaban J connectivity index is 1.60. The summed E-state index contributed by atoms with van der Waals surface area (Å²) in [5, 5.41) is 8.76. The fourth-order valence-electron chi connectivity index (χ4n) is 2.62. The lowest BCUT2D eigenvalue weighted by Gasteiger charge is -2.16. The second kappa shape index (κ2) is 9.27. The number of rotatable bonds is 8. The molecule has 0 atom stereocenters. The van der Waals surface area contributed by atoms with Crippen molar-refractivity contribution in [1.82, 2.24) is 19.8 Å². The quantitative estimate of drug-likeness (QED) is 0.465. The number of hydrogen-bond acceptors (Lipinski definition) is 6. The maximum absolute atomic E-state index is 12.4. The average molecular weight is 398 g/mol. The maximum Gasteiger partial charge on any atom is 0.233 e. The van der Waals surface area contributed by atoms with Gasteiger partial charge in [0.1, 0.15) is 5.75 Å². The molecule has 3 aromatic rings. The Bertz CT molecular complexity index is 912. The standard InChI is InChI=1S/C20H23N5O2S/c1-3-27-17-11-9-16(10-12-17)19-22-23-20(25(19)21)28-14-18(26)24(2)13-15-7-5-4-6-8-15/h4-12H,3,13-14,21H2,1-2H3. The van der Waals surface area contributed by atoms with Gasteiger partial charge in [0.2, 0.25) is 11.1 Å². The van der Waals surface area contributed by atoms with Crippen molar-refractivity contribution >= 4 is 17.7 Å². The van der Waals surface area contributed by atoms with Crippen molar-refractivity contribution in [3.8, 4) is 17.1 Å². The van der Waals surface area contributed by atoms with E-state index in [-0.39, 0.29) is 11.7 Å². The molecule has 7 nitrogen and oxygen atoms in total. The van der Waals surface area contributed by atoms with Gasteiger partial charge in [0.25, 0.3) is 0 Å². The first-order chi connectivity index (χ1) is 13.6. The van der Waals surface area contributed by atoms with Gasteiger partial charge in [-0.05, 0) is 36.8 Å². The minimum atomic E-state index is -0.000490. The number of nitrogens with two attached hydrogens (primary N) is 1. The number of aromatic nitrogens is 3. The highest BCUT2D eigenvalue weighted by atomic mass is 32.2. The van der Waals surface area contributed by atoms with Crippen LogP contribution in [0.15, 0.2) is 59.8 Å². The van der Waals surface area contributed by atoms with Crippen molar-refractivity contribution in [2.75, 3.05) is 25.3 Å². The SMILES string of the molecule is CCOc1ccc(-c2nnc(SCC(=O)N(C)Cc3ccccc3)n2N)cc1. The molecule has 0 aliphatic rings. The Morgan fingerprint density at radius 1 is 1.14 bits per heavy atom. The Kier molecular flexibility index (Phi) is 6.54. The fraction of sp³-hybridized carbons (Fsp3) is 0.250. The first-order valence-corrected chi connectivity index (χ1v) is 9.91. The molecule has 146 valence electrons. The first-order valence-electron chi connectivity index (χ1n) is 8.93. The van der Waals surface area contributed by atoms with Crippen LogP contribution in [0.25, 0.3) is 11.4 Å². The van der Waals surface area contributed by atoms with E-state index in [9.17, 15) is 4.79 Å². The second-order valence-corrected chi connectivity index (χ2v) is 7.10. The predicted molar refractivity (Wildman–Crippen MR) is 110 cm³/mol. The molecule has 0 aliphatic heterocycles. The average Bonchev–Trinajstić information content (AvgIpc) is 3.08. The summed E-state index contributed by atoms with van der Waals surface area (Å²) >= 11 is 1.27. The van der Waals surface area contributed by atoms with Gasteiger partial charge in [-0.2, -0.15) is 0 Å². The molecule has 28 heavy (non-hydrogen) atoms. The van der Waals surface area contributed by atoms with Crippen molar-refractivity contribution < 1.29 is 9.53 Å². The molecule has 2 aromatic carbocycles. The summed E-state index contributed by atoms with van der Waals surface area (Å²) in [7, 11) is 1.79. The topological polar surface area (TPSA) is 86.3 Å². The number of benzene rings is 2. The molecule has 0 unspecified atom stereocenters. The van der Waals surface area contributed by atoms with Crippen LogP contribution in [0, 0.1) is 0 Å². The van der Waals surface area contributed by atoms with E-state index in [2.05, 4.69) is 10.2 Å². The third kappa shape index (κ3) is 4.83. The van der Waals surface area contributed by atoms with Crippen LogP contribution in [0.3, 0.4) is 0 Å². The largest absolute Gasteiger partial charge is 0.494 e. The van der Waals surface area contributed by atoms with Crippen molar-refractivity contribution in [2.45, 2.75) is 18.6 Å². The van der Waals surface area contributed by atoms with E-state index in [0.717, 1.165) is 16.9 Å². The molecular weight excluding hydrogens is 374 g/mol. The van der Waals surface area contributed by atoms with E-state index >= 15 is 0 Å². The normalized spacial score (nSPS) is 10.6. The van der Waals surface area contributed by atoms with Crippen molar-refractivity contribution in [3.05, 3.63) is 60.2 Å². The number of nitrogen functional groups attached to an aromatic ring is 1. The van der Waals surface area contributed by atoms with Crippen LogP contribution in [0.4, 0.5) is 0 Å². The molecule has 1 aromatic heterocycles. The monoisotopic (exact) mass is 397 g/mol. The number of nitrogens with zero attached hydrogens (tertiary/aromatic N) is 4. The molecule has 1 amide bonds. The number of thioether (sulfide) groups is 1. The molecule has 0 spiro atoms.